The minimum Gasteiger partial charge on any atom is -0.334 e. The molecule has 0 spiro atoms. The Hall–Kier alpha value is -0.830. The molecule has 0 saturated heterocycles. The molecule has 2 N–H and O–H groups in total. The molecule has 12 heavy (non-hydrogen) atoms. The number of rotatable bonds is 1. The van der Waals surface area contributed by atoms with Gasteiger partial charge in [-0.15, -0.1) is 0 Å². The largest absolute Gasteiger partial charge is 0.334 e. The Labute approximate surface area is 72.6 Å². The van der Waals surface area contributed by atoms with Crippen molar-refractivity contribution in [2.24, 2.45) is 11.7 Å². The van der Waals surface area contributed by atoms with Gasteiger partial charge in [0.05, 0.1) is 12.0 Å². The lowest BCUT2D eigenvalue weighted by molar-refractivity contribution is 0.398. The Morgan fingerprint density at radius 1 is 1.75 bits per heavy atom. The SMILES string of the molecule is CC1CCc2c(CN)ncn2C1. The smallest absolute Gasteiger partial charge is 0.0952 e. The number of fused-ring (bicyclic) bond motifs is 1. The van der Waals surface area contributed by atoms with Gasteiger partial charge in [-0.05, 0) is 18.8 Å². The van der Waals surface area contributed by atoms with Crippen molar-refractivity contribution in [1.29, 1.82) is 0 Å². The van der Waals surface area contributed by atoms with Gasteiger partial charge in [0.15, 0.2) is 0 Å². The molecule has 0 aliphatic carbocycles. The molecule has 2 rings (SSSR count). The Morgan fingerprint density at radius 2 is 2.58 bits per heavy atom. The summed E-state index contributed by atoms with van der Waals surface area (Å²) in [7, 11) is 0. The van der Waals surface area contributed by atoms with Crippen LogP contribution in [-0.4, -0.2) is 9.55 Å². The third-order valence-electron chi connectivity index (χ3n) is 2.61. The fourth-order valence-electron chi connectivity index (χ4n) is 1.88. The first-order chi connectivity index (χ1) is 5.81. The van der Waals surface area contributed by atoms with Crippen molar-refractivity contribution in [2.75, 3.05) is 0 Å². The summed E-state index contributed by atoms with van der Waals surface area (Å²) in [5.41, 5.74) is 8.02. The van der Waals surface area contributed by atoms with Crippen LogP contribution in [0.4, 0.5) is 0 Å². The van der Waals surface area contributed by atoms with Crippen molar-refractivity contribution in [3.8, 4) is 0 Å². The molecule has 0 amide bonds. The number of nitrogens with zero attached hydrogens (tertiary/aromatic N) is 2. The van der Waals surface area contributed by atoms with Crippen LogP contribution in [0.3, 0.4) is 0 Å². The molecule has 0 aromatic carbocycles. The lowest BCUT2D eigenvalue weighted by Gasteiger charge is -2.20. The molecule has 0 saturated carbocycles. The average molecular weight is 165 g/mol. The fraction of sp³-hybridized carbons (Fsp3) is 0.667. The molecule has 3 heteroatoms. The predicted molar refractivity (Wildman–Crippen MR) is 47.6 cm³/mol. The average Bonchev–Trinajstić information content (AvgIpc) is 2.46. The van der Waals surface area contributed by atoms with E-state index in [2.05, 4.69) is 16.5 Å². The molecule has 1 unspecified atom stereocenters. The van der Waals surface area contributed by atoms with Crippen molar-refractivity contribution in [3.63, 3.8) is 0 Å². The van der Waals surface area contributed by atoms with E-state index >= 15 is 0 Å². The number of imidazole rings is 1. The topological polar surface area (TPSA) is 43.8 Å². The van der Waals surface area contributed by atoms with E-state index in [-0.39, 0.29) is 0 Å². The predicted octanol–water partition coefficient (Wildman–Crippen LogP) is 0.924. The molecule has 2 heterocycles. The van der Waals surface area contributed by atoms with E-state index < -0.39 is 0 Å². The number of aromatic nitrogens is 2. The molecule has 3 nitrogen and oxygen atoms in total. The second kappa shape index (κ2) is 2.90. The van der Waals surface area contributed by atoms with Crippen LogP contribution >= 0.6 is 0 Å². The normalized spacial score (nSPS) is 22.3. The lowest BCUT2D eigenvalue weighted by atomic mass is 9.99. The Balaban J connectivity index is 2.32. The standard InChI is InChI=1S/C9H15N3/c1-7-2-3-9-8(4-10)11-6-12(9)5-7/h6-7H,2-5,10H2,1H3. The highest BCUT2D eigenvalue weighted by molar-refractivity contribution is 5.14. The van der Waals surface area contributed by atoms with Crippen molar-refractivity contribution in [3.05, 3.63) is 17.7 Å². The maximum absolute atomic E-state index is 5.58. The second-order valence-corrected chi connectivity index (χ2v) is 3.64. The van der Waals surface area contributed by atoms with E-state index in [0.29, 0.717) is 6.54 Å². The van der Waals surface area contributed by atoms with Crippen LogP contribution < -0.4 is 5.73 Å². The molecule has 1 aliphatic rings. The van der Waals surface area contributed by atoms with Crippen LogP contribution in [0, 0.1) is 5.92 Å². The molecule has 66 valence electrons. The molecular formula is C9H15N3. The van der Waals surface area contributed by atoms with E-state index in [9.17, 15) is 0 Å². The first kappa shape index (κ1) is 7.80. The minimum atomic E-state index is 0.580. The molecule has 0 bridgehead atoms. The molecule has 1 atom stereocenters. The highest BCUT2D eigenvalue weighted by atomic mass is 15.1. The van der Waals surface area contributed by atoms with Crippen LogP contribution in [0.2, 0.25) is 0 Å². The molecular weight excluding hydrogens is 150 g/mol. The summed E-state index contributed by atoms with van der Waals surface area (Å²) in [6.07, 6.45) is 4.35. The minimum absolute atomic E-state index is 0.580. The van der Waals surface area contributed by atoms with Crippen LogP contribution in [0.25, 0.3) is 0 Å². The highest BCUT2D eigenvalue weighted by Gasteiger charge is 2.17. The molecule has 1 aromatic rings. The summed E-state index contributed by atoms with van der Waals surface area (Å²) in [6, 6.07) is 0. The first-order valence-corrected chi connectivity index (χ1v) is 4.54. The van der Waals surface area contributed by atoms with Crippen molar-refractivity contribution < 1.29 is 0 Å². The Bertz CT molecular complexity index is 277. The molecule has 0 fully saturated rings. The zero-order chi connectivity index (χ0) is 8.55. The third kappa shape index (κ3) is 1.14. The second-order valence-electron chi connectivity index (χ2n) is 3.64. The maximum Gasteiger partial charge on any atom is 0.0952 e. The van der Waals surface area contributed by atoms with E-state index in [0.717, 1.165) is 24.6 Å². The van der Waals surface area contributed by atoms with Gasteiger partial charge in [-0.3, -0.25) is 0 Å². The van der Waals surface area contributed by atoms with Crippen LogP contribution in [0.15, 0.2) is 6.33 Å². The lowest BCUT2D eigenvalue weighted by Crippen LogP contribution is -2.18. The summed E-state index contributed by atoms with van der Waals surface area (Å²) >= 11 is 0. The van der Waals surface area contributed by atoms with E-state index in [1.165, 1.54) is 12.1 Å². The Morgan fingerprint density at radius 3 is 3.33 bits per heavy atom. The third-order valence-corrected chi connectivity index (χ3v) is 2.61. The van der Waals surface area contributed by atoms with Crippen molar-refractivity contribution in [2.45, 2.75) is 32.9 Å². The van der Waals surface area contributed by atoms with Crippen molar-refractivity contribution in [1.82, 2.24) is 9.55 Å². The monoisotopic (exact) mass is 165 g/mol. The van der Waals surface area contributed by atoms with Crippen molar-refractivity contribution >= 4 is 0 Å². The fourth-order valence-corrected chi connectivity index (χ4v) is 1.88. The summed E-state index contributed by atoms with van der Waals surface area (Å²) in [6.45, 7) is 3.98. The summed E-state index contributed by atoms with van der Waals surface area (Å²) in [4.78, 5) is 4.29. The van der Waals surface area contributed by atoms with Crippen LogP contribution in [0.1, 0.15) is 24.7 Å². The van der Waals surface area contributed by atoms with Gasteiger partial charge in [-0.25, -0.2) is 4.98 Å². The Kier molecular flexibility index (Phi) is 1.89. The zero-order valence-electron chi connectivity index (χ0n) is 7.45. The number of nitrogens with two attached hydrogens (primary N) is 1. The number of hydrogen-bond acceptors (Lipinski definition) is 2. The molecule has 0 radical (unpaired) electrons. The van der Waals surface area contributed by atoms with Crippen LogP contribution in [0.5, 0.6) is 0 Å². The van der Waals surface area contributed by atoms with E-state index in [1.807, 2.05) is 6.33 Å². The van der Waals surface area contributed by atoms with Gasteiger partial charge in [-0.2, -0.15) is 0 Å². The highest BCUT2D eigenvalue weighted by Crippen LogP contribution is 2.21. The van der Waals surface area contributed by atoms with Crippen LogP contribution in [-0.2, 0) is 19.5 Å². The zero-order valence-corrected chi connectivity index (χ0v) is 7.45. The van der Waals surface area contributed by atoms with E-state index in [4.69, 9.17) is 5.73 Å². The number of hydrogen-bond donors (Lipinski definition) is 1. The maximum atomic E-state index is 5.58. The van der Waals surface area contributed by atoms with Gasteiger partial charge in [0.2, 0.25) is 0 Å². The molecule has 1 aromatic heterocycles. The van der Waals surface area contributed by atoms with Gasteiger partial charge < -0.3 is 10.3 Å². The quantitative estimate of drug-likeness (QED) is 0.672. The van der Waals surface area contributed by atoms with Gasteiger partial charge in [0.25, 0.3) is 0 Å². The summed E-state index contributed by atoms with van der Waals surface area (Å²) in [5, 5.41) is 0. The van der Waals surface area contributed by atoms with Gasteiger partial charge in [-0.1, -0.05) is 6.92 Å². The molecule has 1 aliphatic heterocycles. The van der Waals surface area contributed by atoms with Gasteiger partial charge in [0, 0.05) is 18.8 Å². The summed E-state index contributed by atoms with van der Waals surface area (Å²) < 4.78 is 2.25. The van der Waals surface area contributed by atoms with Gasteiger partial charge in [0.1, 0.15) is 0 Å². The summed E-state index contributed by atoms with van der Waals surface area (Å²) in [5.74, 6) is 0.789. The van der Waals surface area contributed by atoms with E-state index in [1.54, 1.807) is 0 Å². The van der Waals surface area contributed by atoms with Gasteiger partial charge >= 0.3 is 0 Å². The first-order valence-electron chi connectivity index (χ1n) is 4.54.